The van der Waals surface area contributed by atoms with Crippen molar-refractivity contribution in [2.75, 3.05) is 19.6 Å². The lowest BCUT2D eigenvalue weighted by molar-refractivity contribution is 0.0743. The first-order chi connectivity index (χ1) is 13.5. The summed E-state index contributed by atoms with van der Waals surface area (Å²) in [6, 6.07) is 3.51. The monoisotopic (exact) mass is 383 g/mol. The van der Waals surface area contributed by atoms with E-state index in [9.17, 15) is 9.59 Å². The number of nitrogens with one attached hydrogen (secondary N) is 1. The van der Waals surface area contributed by atoms with E-state index < -0.39 is 0 Å². The minimum absolute atomic E-state index is 0.0532. The van der Waals surface area contributed by atoms with Crippen LogP contribution in [0.1, 0.15) is 53.6 Å². The Bertz CT molecular complexity index is 815. The van der Waals surface area contributed by atoms with Crippen LogP contribution in [0.25, 0.3) is 0 Å². The Labute approximate surface area is 166 Å². The van der Waals surface area contributed by atoms with Crippen LogP contribution in [0.15, 0.2) is 30.7 Å². The molecular weight excluding hydrogens is 354 g/mol. The van der Waals surface area contributed by atoms with E-state index in [1.54, 1.807) is 30.7 Å². The maximum Gasteiger partial charge on any atom is 0.257 e. The fourth-order valence-electron chi connectivity index (χ4n) is 3.65. The van der Waals surface area contributed by atoms with Crippen molar-refractivity contribution < 1.29 is 9.59 Å². The molecule has 0 radical (unpaired) electrons. The molecule has 1 N–H and O–H groups in total. The Morgan fingerprint density at radius 2 is 2.18 bits per heavy atom. The molecule has 2 amide bonds. The van der Waals surface area contributed by atoms with Crippen molar-refractivity contribution in [1.29, 1.82) is 0 Å². The second kappa shape index (κ2) is 8.99. The van der Waals surface area contributed by atoms with Crippen molar-refractivity contribution in [1.82, 2.24) is 25.0 Å². The van der Waals surface area contributed by atoms with E-state index >= 15 is 0 Å². The highest BCUT2D eigenvalue weighted by Crippen LogP contribution is 2.24. The number of carbonyl (C=O) groups is 2. The molecule has 7 heteroatoms. The molecule has 0 aromatic carbocycles. The number of aryl methyl sites for hydroxylation is 1. The van der Waals surface area contributed by atoms with Crippen LogP contribution in [0, 0.1) is 11.8 Å². The number of nitrogens with zero attached hydrogens (tertiary/aromatic N) is 4. The maximum atomic E-state index is 13.0. The first-order valence-corrected chi connectivity index (χ1v) is 10.0. The van der Waals surface area contributed by atoms with Gasteiger partial charge in [0, 0.05) is 38.6 Å². The molecule has 1 atom stereocenters. The van der Waals surface area contributed by atoms with E-state index in [4.69, 9.17) is 0 Å². The van der Waals surface area contributed by atoms with Crippen molar-refractivity contribution in [3.05, 3.63) is 47.5 Å². The van der Waals surface area contributed by atoms with Gasteiger partial charge in [0.25, 0.3) is 11.8 Å². The second-order valence-corrected chi connectivity index (χ2v) is 7.78. The molecule has 1 aliphatic rings. The van der Waals surface area contributed by atoms with Crippen LogP contribution in [0.5, 0.6) is 0 Å². The summed E-state index contributed by atoms with van der Waals surface area (Å²) in [5.41, 5.74) is 2.25. The zero-order chi connectivity index (χ0) is 20.1. The number of amides is 2. The summed E-state index contributed by atoms with van der Waals surface area (Å²) in [6.07, 6.45) is 6.59. The molecule has 28 heavy (non-hydrogen) atoms. The van der Waals surface area contributed by atoms with E-state index in [0.717, 1.165) is 31.6 Å². The molecule has 1 aliphatic heterocycles. The van der Waals surface area contributed by atoms with E-state index in [1.165, 1.54) is 0 Å². The SMILES string of the molecule is CCN(CC(C)C)C(=O)c1cnn2c1C[C@H](CNC(=O)c1cccnc1)CC2. The highest BCUT2D eigenvalue weighted by molar-refractivity contribution is 5.95. The van der Waals surface area contributed by atoms with Crippen LogP contribution in [0.2, 0.25) is 0 Å². The maximum absolute atomic E-state index is 13.0. The smallest absolute Gasteiger partial charge is 0.257 e. The summed E-state index contributed by atoms with van der Waals surface area (Å²) in [6.45, 7) is 9.01. The number of hydrogen-bond acceptors (Lipinski definition) is 4. The summed E-state index contributed by atoms with van der Waals surface area (Å²) >= 11 is 0. The number of pyridine rings is 1. The van der Waals surface area contributed by atoms with Crippen LogP contribution in [0.3, 0.4) is 0 Å². The Morgan fingerprint density at radius 1 is 1.36 bits per heavy atom. The van der Waals surface area contributed by atoms with Crippen LogP contribution in [-0.2, 0) is 13.0 Å². The molecule has 0 saturated carbocycles. The fraction of sp³-hybridized carbons (Fsp3) is 0.524. The summed E-state index contributed by atoms with van der Waals surface area (Å²) in [7, 11) is 0. The first-order valence-electron chi connectivity index (χ1n) is 10.0. The normalized spacial score (nSPS) is 15.9. The highest BCUT2D eigenvalue weighted by atomic mass is 16.2. The third-order valence-electron chi connectivity index (χ3n) is 5.14. The molecule has 2 aromatic rings. The van der Waals surface area contributed by atoms with Gasteiger partial charge in [-0.15, -0.1) is 0 Å². The summed E-state index contributed by atoms with van der Waals surface area (Å²) in [5.74, 6) is 0.650. The molecule has 3 heterocycles. The number of fused-ring (bicyclic) bond motifs is 1. The second-order valence-electron chi connectivity index (χ2n) is 7.78. The number of hydrogen-bond donors (Lipinski definition) is 1. The summed E-state index contributed by atoms with van der Waals surface area (Å²) < 4.78 is 1.94. The Balaban J connectivity index is 1.65. The van der Waals surface area contributed by atoms with Gasteiger partial charge in [0.05, 0.1) is 23.0 Å². The van der Waals surface area contributed by atoms with E-state index in [1.807, 2.05) is 16.5 Å². The molecule has 7 nitrogen and oxygen atoms in total. The van der Waals surface area contributed by atoms with E-state index in [0.29, 0.717) is 30.1 Å². The van der Waals surface area contributed by atoms with Crippen LogP contribution >= 0.6 is 0 Å². The van der Waals surface area contributed by atoms with Gasteiger partial charge in [0.1, 0.15) is 0 Å². The third-order valence-corrected chi connectivity index (χ3v) is 5.14. The molecule has 3 rings (SSSR count). The molecule has 0 spiro atoms. The van der Waals surface area contributed by atoms with Gasteiger partial charge in [-0.25, -0.2) is 0 Å². The Hall–Kier alpha value is -2.70. The number of carbonyl (C=O) groups excluding carboxylic acids is 2. The Morgan fingerprint density at radius 3 is 2.86 bits per heavy atom. The third kappa shape index (κ3) is 4.58. The van der Waals surface area contributed by atoms with E-state index in [-0.39, 0.29) is 17.7 Å². The molecule has 0 aliphatic carbocycles. The molecule has 0 bridgehead atoms. The van der Waals surface area contributed by atoms with Crippen molar-refractivity contribution in [2.45, 2.75) is 40.2 Å². The van der Waals surface area contributed by atoms with Crippen molar-refractivity contribution >= 4 is 11.8 Å². The van der Waals surface area contributed by atoms with Crippen LogP contribution in [0.4, 0.5) is 0 Å². The molecule has 150 valence electrons. The highest BCUT2D eigenvalue weighted by Gasteiger charge is 2.27. The summed E-state index contributed by atoms with van der Waals surface area (Å²) in [5, 5.41) is 7.42. The van der Waals surface area contributed by atoms with Gasteiger partial charge in [-0.1, -0.05) is 13.8 Å². The van der Waals surface area contributed by atoms with Crippen molar-refractivity contribution in [3.8, 4) is 0 Å². The molecule has 2 aromatic heterocycles. The minimum atomic E-state index is -0.113. The van der Waals surface area contributed by atoms with Gasteiger partial charge in [-0.2, -0.15) is 5.10 Å². The lowest BCUT2D eigenvalue weighted by Crippen LogP contribution is -2.36. The molecular formula is C21H29N5O2. The zero-order valence-electron chi connectivity index (χ0n) is 16.9. The number of rotatable bonds is 7. The zero-order valence-corrected chi connectivity index (χ0v) is 16.9. The summed E-state index contributed by atoms with van der Waals surface area (Å²) in [4.78, 5) is 31.1. The molecule has 0 fully saturated rings. The largest absolute Gasteiger partial charge is 0.352 e. The van der Waals surface area contributed by atoms with Gasteiger partial charge in [-0.05, 0) is 43.7 Å². The first kappa shape index (κ1) is 20.0. The average molecular weight is 383 g/mol. The van der Waals surface area contributed by atoms with Gasteiger partial charge in [0.2, 0.25) is 0 Å². The Kier molecular flexibility index (Phi) is 6.44. The van der Waals surface area contributed by atoms with Gasteiger partial charge in [-0.3, -0.25) is 19.3 Å². The van der Waals surface area contributed by atoms with Crippen molar-refractivity contribution in [3.63, 3.8) is 0 Å². The predicted molar refractivity (Wildman–Crippen MR) is 107 cm³/mol. The molecule has 0 saturated heterocycles. The van der Waals surface area contributed by atoms with E-state index in [2.05, 4.69) is 29.2 Å². The predicted octanol–water partition coefficient (Wildman–Crippen LogP) is 2.39. The fourth-order valence-corrected chi connectivity index (χ4v) is 3.65. The van der Waals surface area contributed by atoms with Gasteiger partial charge in [0.15, 0.2) is 0 Å². The van der Waals surface area contributed by atoms with Gasteiger partial charge >= 0.3 is 0 Å². The lowest BCUT2D eigenvalue weighted by Gasteiger charge is -2.26. The lowest BCUT2D eigenvalue weighted by atomic mass is 9.94. The quantitative estimate of drug-likeness (QED) is 0.796. The van der Waals surface area contributed by atoms with Crippen LogP contribution in [-0.4, -0.2) is 51.1 Å². The molecule has 0 unspecified atom stereocenters. The van der Waals surface area contributed by atoms with Gasteiger partial charge < -0.3 is 10.2 Å². The average Bonchev–Trinajstić information content (AvgIpc) is 3.13. The van der Waals surface area contributed by atoms with Crippen LogP contribution < -0.4 is 5.32 Å². The number of aromatic nitrogens is 3. The topological polar surface area (TPSA) is 80.1 Å². The standard InChI is InChI=1S/C21H29N5O2/c1-4-25(14-15(2)3)21(28)18-13-24-26-9-7-16(10-19(18)26)11-23-20(27)17-6-5-8-22-12-17/h5-6,8,12-13,15-16H,4,7,9-11,14H2,1-3H3,(H,23,27)/t16-/m1/s1. The minimum Gasteiger partial charge on any atom is -0.352 e. The van der Waals surface area contributed by atoms with Crippen molar-refractivity contribution in [2.24, 2.45) is 11.8 Å².